The molecule has 300 valence electrons. The molecule has 0 spiro atoms. The number of nitrogens with zero attached hydrogens (tertiary/aromatic N) is 4. The molecule has 0 aliphatic carbocycles. The number of methoxy groups -OCH3 is 3. The summed E-state index contributed by atoms with van der Waals surface area (Å²) >= 11 is 0. The Balaban J connectivity index is 1.44. The highest BCUT2D eigenvalue weighted by molar-refractivity contribution is 7.44. The van der Waals surface area contributed by atoms with E-state index in [1.165, 1.54) is 0 Å². The molecular weight excluding hydrogens is 735 g/mol. The summed E-state index contributed by atoms with van der Waals surface area (Å²) in [4.78, 5) is 19.3. The largest absolute Gasteiger partial charge is 0.497 e. The van der Waals surface area contributed by atoms with Gasteiger partial charge in [-0.3, -0.25) is 15.1 Å². The molecule has 15 heteroatoms. The Kier molecular flexibility index (Phi) is 14.0. The zero-order chi connectivity index (χ0) is 39.8. The van der Waals surface area contributed by atoms with Crippen LogP contribution in [0.25, 0.3) is 0 Å². The normalized spacial score (nSPS) is 24.0. The molecule has 0 bridgehead atoms. The monoisotopic (exact) mass is 788 g/mol. The number of ether oxygens (including phenoxy) is 5. The number of fused-ring (bicyclic) bond motifs is 1. The summed E-state index contributed by atoms with van der Waals surface area (Å²) in [6.45, 7) is 8.89. The van der Waals surface area contributed by atoms with Gasteiger partial charge in [0.05, 0.1) is 52.9 Å². The zero-order valence-electron chi connectivity index (χ0n) is 33.0. The number of carbonyl (C=O) groups excluding carboxylic acids is 1. The quantitative estimate of drug-likeness (QED) is 0.100. The maximum Gasteiger partial charge on any atom is 0.259 e. The molecule has 1 amide bonds. The first-order valence-corrected chi connectivity index (χ1v) is 20.0. The van der Waals surface area contributed by atoms with Crippen LogP contribution in [0, 0.1) is 11.3 Å². The average Bonchev–Trinajstić information content (AvgIpc) is 3.80. The molecule has 3 aliphatic rings. The molecule has 6 rings (SSSR count). The van der Waals surface area contributed by atoms with E-state index in [0.717, 1.165) is 16.7 Å². The maximum atomic E-state index is 12.8. The summed E-state index contributed by atoms with van der Waals surface area (Å²) in [5.74, 6) is 1.26. The zero-order valence-corrected chi connectivity index (χ0v) is 33.9. The van der Waals surface area contributed by atoms with Crippen LogP contribution in [0.15, 0.2) is 83.9 Å². The molecule has 7 unspecified atom stereocenters. The van der Waals surface area contributed by atoms with Crippen LogP contribution < -0.4 is 20.1 Å². The van der Waals surface area contributed by atoms with Crippen molar-refractivity contribution in [1.29, 1.82) is 5.26 Å². The highest BCUT2D eigenvalue weighted by Crippen LogP contribution is 2.50. The van der Waals surface area contributed by atoms with Gasteiger partial charge in [0.15, 0.2) is 12.3 Å². The number of amides is 1. The average molecular weight is 789 g/mol. The van der Waals surface area contributed by atoms with E-state index in [-0.39, 0.29) is 44.3 Å². The van der Waals surface area contributed by atoms with Crippen LogP contribution in [0.2, 0.25) is 0 Å². The molecule has 56 heavy (non-hydrogen) atoms. The molecule has 3 aliphatic heterocycles. The molecule has 3 aromatic rings. The lowest BCUT2D eigenvalue weighted by molar-refractivity contribution is -0.131. The summed E-state index contributed by atoms with van der Waals surface area (Å²) in [7, 11) is 3.19. The Morgan fingerprint density at radius 2 is 1.54 bits per heavy atom. The van der Waals surface area contributed by atoms with Gasteiger partial charge >= 0.3 is 0 Å². The molecular formula is C41H53N6O8P. The lowest BCUT2D eigenvalue weighted by Crippen LogP contribution is -2.63. The lowest BCUT2D eigenvalue weighted by Gasteiger charge is -2.39. The molecule has 3 heterocycles. The summed E-state index contributed by atoms with van der Waals surface area (Å²) in [6, 6.07) is 27.4. The van der Waals surface area contributed by atoms with Crippen molar-refractivity contribution in [2.24, 2.45) is 4.99 Å². The third-order valence-corrected chi connectivity index (χ3v) is 12.3. The van der Waals surface area contributed by atoms with E-state index in [0.29, 0.717) is 11.5 Å². The third-order valence-electron chi connectivity index (χ3n) is 10.2. The standard InChI is InChI=1S/C41H53N6O8P/c1-27(2)47(28(3)4)56(53-23-11-22-42)55-36-34(54-40(37(36)51-7)46-26-45-35-38(46)43-25-44-39(35)48)24-52-41(29-12-9-8-10-13-29,30-14-18-32(49-5)19-15-30)31-16-20-33(50-6)21-17-31/h8-10,12-21,26-28,34-38,40,43H,11,23-25H2,1-7H3,(H,44,48). The van der Waals surface area contributed by atoms with E-state index in [2.05, 4.69) is 54.1 Å². The summed E-state index contributed by atoms with van der Waals surface area (Å²) in [5, 5.41) is 15.6. The highest BCUT2D eigenvalue weighted by atomic mass is 31.2. The molecule has 0 radical (unpaired) electrons. The summed E-state index contributed by atoms with van der Waals surface area (Å²) in [6.07, 6.45) is -1.41. The second-order valence-electron chi connectivity index (χ2n) is 14.2. The molecule has 7 atom stereocenters. The molecule has 2 fully saturated rings. The number of nitriles is 1. The van der Waals surface area contributed by atoms with Crippen molar-refractivity contribution in [2.45, 2.75) is 88.5 Å². The van der Waals surface area contributed by atoms with Gasteiger partial charge in [0.1, 0.15) is 41.6 Å². The Morgan fingerprint density at radius 3 is 2.09 bits per heavy atom. The third kappa shape index (κ3) is 8.56. The first-order valence-electron chi connectivity index (χ1n) is 18.9. The SMILES string of the molecule is COc1ccc(C(OCC2OC(N3C=NC4C(=O)NCNC43)C(OC)C2OP(OCCC#N)N(C(C)C)C(C)C)(c2ccccc2)c2ccc(OC)cc2)cc1. The highest BCUT2D eigenvalue weighted by Gasteiger charge is 2.55. The Labute approximate surface area is 331 Å². The number of hydrogen-bond donors (Lipinski definition) is 2. The number of rotatable bonds is 18. The fourth-order valence-electron chi connectivity index (χ4n) is 7.60. The van der Waals surface area contributed by atoms with Gasteiger partial charge < -0.3 is 42.9 Å². The van der Waals surface area contributed by atoms with Crippen LogP contribution in [0.3, 0.4) is 0 Å². The van der Waals surface area contributed by atoms with E-state index in [1.807, 2.05) is 83.8 Å². The van der Waals surface area contributed by atoms with Gasteiger partial charge in [0, 0.05) is 19.2 Å². The number of aliphatic imine (C=N–C) groups is 1. The predicted octanol–water partition coefficient (Wildman–Crippen LogP) is 5.13. The van der Waals surface area contributed by atoms with Gasteiger partial charge in [-0.1, -0.05) is 54.6 Å². The lowest BCUT2D eigenvalue weighted by atomic mass is 9.80. The molecule has 14 nitrogen and oxygen atoms in total. The molecule has 3 aromatic carbocycles. The number of carbonyl (C=O) groups is 1. The van der Waals surface area contributed by atoms with Gasteiger partial charge in [0.25, 0.3) is 8.53 Å². The first-order chi connectivity index (χ1) is 27.2. The van der Waals surface area contributed by atoms with E-state index in [9.17, 15) is 10.1 Å². The molecule has 2 N–H and O–H groups in total. The van der Waals surface area contributed by atoms with Crippen LogP contribution in [0.5, 0.6) is 11.5 Å². The van der Waals surface area contributed by atoms with E-state index in [1.54, 1.807) is 27.7 Å². The van der Waals surface area contributed by atoms with Crippen molar-refractivity contribution in [3.05, 3.63) is 95.6 Å². The Bertz CT molecular complexity index is 1740. The Hall–Kier alpha value is -4.16. The van der Waals surface area contributed by atoms with Gasteiger partial charge in [-0.15, -0.1) is 0 Å². The Morgan fingerprint density at radius 1 is 0.929 bits per heavy atom. The van der Waals surface area contributed by atoms with Crippen molar-refractivity contribution in [3.8, 4) is 17.6 Å². The van der Waals surface area contributed by atoms with E-state index in [4.69, 9.17) is 32.7 Å². The molecule has 2 saturated heterocycles. The maximum absolute atomic E-state index is 12.8. The number of nitrogens with one attached hydrogen (secondary N) is 2. The van der Waals surface area contributed by atoms with Crippen molar-refractivity contribution in [1.82, 2.24) is 20.2 Å². The van der Waals surface area contributed by atoms with Crippen molar-refractivity contribution in [3.63, 3.8) is 0 Å². The summed E-state index contributed by atoms with van der Waals surface area (Å²) in [5.41, 5.74) is 1.49. The van der Waals surface area contributed by atoms with Crippen LogP contribution in [0.1, 0.15) is 50.8 Å². The minimum Gasteiger partial charge on any atom is -0.497 e. The minimum absolute atomic E-state index is 0.0473. The van der Waals surface area contributed by atoms with Crippen molar-refractivity contribution < 1.29 is 37.5 Å². The van der Waals surface area contributed by atoms with Crippen LogP contribution in [-0.4, -0.2) is 112 Å². The van der Waals surface area contributed by atoms with Gasteiger partial charge in [-0.05, 0) is 68.7 Å². The van der Waals surface area contributed by atoms with Gasteiger partial charge in [-0.25, -0.2) is 4.67 Å². The fraction of sp³-hybridized carbons (Fsp3) is 0.488. The molecule has 0 aromatic heterocycles. The number of benzene rings is 3. The van der Waals surface area contributed by atoms with E-state index < -0.39 is 50.9 Å². The second-order valence-corrected chi connectivity index (χ2v) is 15.6. The van der Waals surface area contributed by atoms with Gasteiger partial charge in [-0.2, -0.15) is 5.26 Å². The number of hydrogen-bond acceptors (Lipinski definition) is 13. The first kappa shape index (κ1) is 41.5. The fourth-order valence-corrected chi connectivity index (χ4v) is 9.37. The smallest absolute Gasteiger partial charge is 0.259 e. The molecule has 0 saturated carbocycles. The van der Waals surface area contributed by atoms with Crippen LogP contribution >= 0.6 is 8.53 Å². The topological polar surface area (TPSA) is 148 Å². The second kappa shape index (κ2) is 18.9. The van der Waals surface area contributed by atoms with Gasteiger partial charge in [0.2, 0.25) is 5.91 Å². The minimum atomic E-state index is -1.71. The van der Waals surface area contributed by atoms with Crippen LogP contribution in [-0.2, 0) is 33.7 Å². The van der Waals surface area contributed by atoms with E-state index >= 15 is 0 Å². The van der Waals surface area contributed by atoms with Crippen molar-refractivity contribution >= 4 is 20.8 Å². The predicted molar refractivity (Wildman–Crippen MR) is 212 cm³/mol. The van der Waals surface area contributed by atoms with Crippen LogP contribution in [0.4, 0.5) is 0 Å². The summed E-state index contributed by atoms with van der Waals surface area (Å²) < 4.78 is 47.3. The van der Waals surface area contributed by atoms with Crippen molar-refractivity contribution in [2.75, 3.05) is 41.2 Å².